The minimum atomic E-state index is -0.0128. The van der Waals surface area contributed by atoms with E-state index < -0.39 is 0 Å². The van der Waals surface area contributed by atoms with Crippen LogP contribution in [0.2, 0.25) is 0 Å². The number of ether oxygens (including phenoxy) is 2. The number of rotatable bonds is 6. The standard InChI is InChI=1S/C27H28N4O3/c1-20-8-7-13-31-18-21(28-26(20)31)19-34-24-11-5-3-9-22(24)27(32)30-16-14-29(15-17-30)23-10-4-6-12-25(23)33-2/h3-13,18H,14-17,19H2,1-2H3. The molecule has 3 heterocycles. The van der Waals surface area contributed by atoms with Crippen LogP contribution < -0.4 is 14.4 Å². The number of aromatic nitrogens is 2. The molecule has 7 nitrogen and oxygen atoms in total. The fourth-order valence-corrected chi connectivity index (χ4v) is 4.41. The lowest BCUT2D eigenvalue weighted by Gasteiger charge is -2.36. The van der Waals surface area contributed by atoms with Crippen molar-refractivity contribution in [3.63, 3.8) is 0 Å². The fourth-order valence-electron chi connectivity index (χ4n) is 4.41. The molecule has 7 heteroatoms. The number of carbonyl (C=O) groups is 1. The van der Waals surface area contributed by atoms with Gasteiger partial charge in [0.05, 0.1) is 24.1 Å². The molecule has 2 aromatic heterocycles. The molecule has 1 saturated heterocycles. The summed E-state index contributed by atoms with van der Waals surface area (Å²) in [6.07, 6.45) is 3.94. The lowest BCUT2D eigenvalue weighted by atomic mass is 10.1. The molecule has 0 atom stereocenters. The molecular formula is C27H28N4O3. The lowest BCUT2D eigenvalue weighted by Crippen LogP contribution is -2.49. The highest BCUT2D eigenvalue weighted by atomic mass is 16.5. The minimum Gasteiger partial charge on any atom is -0.495 e. The molecular weight excluding hydrogens is 428 g/mol. The van der Waals surface area contributed by atoms with E-state index >= 15 is 0 Å². The number of pyridine rings is 1. The number of piperazine rings is 1. The van der Waals surface area contributed by atoms with Crippen molar-refractivity contribution in [3.05, 3.63) is 89.9 Å². The number of para-hydroxylation sites is 3. The Morgan fingerprint density at radius 1 is 0.941 bits per heavy atom. The van der Waals surface area contributed by atoms with Crippen LogP contribution in [-0.2, 0) is 6.61 Å². The van der Waals surface area contributed by atoms with Gasteiger partial charge in [-0.05, 0) is 42.8 Å². The van der Waals surface area contributed by atoms with Crippen molar-refractivity contribution in [1.29, 1.82) is 0 Å². The summed E-state index contributed by atoms with van der Waals surface area (Å²) in [6, 6.07) is 19.5. The molecule has 0 radical (unpaired) electrons. The number of hydrogen-bond acceptors (Lipinski definition) is 5. The maximum atomic E-state index is 13.4. The van der Waals surface area contributed by atoms with Crippen molar-refractivity contribution in [2.24, 2.45) is 0 Å². The molecule has 34 heavy (non-hydrogen) atoms. The second kappa shape index (κ2) is 9.47. The molecule has 4 aromatic rings. The maximum absolute atomic E-state index is 13.4. The number of aryl methyl sites for hydroxylation is 1. The van der Waals surface area contributed by atoms with E-state index in [1.54, 1.807) is 7.11 Å². The van der Waals surface area contributed by atoms with Crippen LogP contribution in [0.25, 0.3) is 5.65 Å². The summed E-state index contributed by atoms with van der Waals surface area (Å²) in [5.74, 6) is 1.41. The Morgan fingerprint density at radius 2 is 1.68 bits per heavy atom. The number of imidazole rings is 1. The molecule has 0 bridgehead atoms. The highest BCUT2D eigenvalue weighted by molar-refractivity contribution is 5.97. The average Bonchev–Trinajstić information content (AvgIpc) is 3.32. The topological polar surface area (TPSA) is 59.3 Å². The van der Waals surface area contributed by atoms with Gasteiger partial charge < -0.3 is 23.7 Å². The summed E-state index contributed by atoms with van der Waals surface area (Å²) in [5, 5.41) is 0. The maximum Gasteiger partial charge on any atom is 0.257 e. The van der Waals surface area contributed by atoms with Crippen molar-refractivity contribution >= 4 is 17.2 Å². The van der Waals surface area contributed by atoms with Gasteiger partial charge in [0.2, 0.25) is 0 Å². The number of carbonyl (C=O) groups excluding carboxylic acids is 1. The molecule has 174 valence electrons. The molecule has 1 fully saturated rings. The van der Waals surface area contributed by atoms with Gasteiger partial charge in [0.1, 0.15) is 23.8 Å². The zero-order valence-electron chi connectivity index (χ0n) is 19.5. The Hall–Kier alpha value is -4.00. The van der Waals surface area contributed by atoms with Crippen molar-refractivity contribution in [2.75, 3.05) is 38.2 Å². The first kappa shape index (κ1) is 21.8. The summed E-state index contributed by atoms with van der Waals surface area (Å²) >= 11 is 0. The first-order valence-electron chi connectivity index (χ1n) is 11.5. The van der Waals surface area contributed by atoms with Crippen LogP contribution in [0.1, 0.15) is 21.6 Å². The van der Waals surface area contributed by atoms with E-state index in [0.29, 0.717) is 31.0 Å². The van der Waals surface area contributed by atoms with Crippen LogP contribution in [0.5, 0.6) is 11.5 Å². The number of hydrogen-bond donors (Lipinski definition) is 0. The number of methoxy groups -OCH3 is 1. The van der Waals surface area contributed by atoms with E-state index in [4.69, 9.17) is 9.47 Å². The second-order valence-corrected chi connectivity index (χ2v) is 8.39. The third-order valence-corrected chi connectivity index (χ3v) is 6.21. The van der Waals surface area contributed by atoms with Gasteiger partial charge in [-0.25, -0.2) is 4.98 Å². The zero-order valence-corrected chi connectivity index (χ0v) is 19.5. The van der Waals surface area contributed by atoms with Crippen LogP contribution in [0.15, 0.2) is 73.1 Å². The zero-order chi connectivity index (χ0) is 23.5. The smallest absolute Gasteiger partial charge is 0.257 e. The number of amides is 1. The number of fused-ring (bicyclic) bond motifs is 1. The number of benzene rings is 2. The first-order chi connectivity index (χ1) is 16.6. The number of nitrogens with zero attached hydrogens (tertiary/aromatic N) is 4. The van der Waals surface area contributed by atoms with Gasteiger partial charge in [0.25, 0.3) is 5.91 Å². The highest BCUT2D eigenvalue weighted by Crippen LogP contribution is 2.29. The molecule has 0 unspecified atom stereocenters. The molecule has 0 spiro atoms. The van der Waals surface area contributed by atoms with Crippen LogP contribution in [0, 0.1) is 6.92 Å². The Balaban J connectivity index is 1.26. The van der Waals surface area contributed by atoms with Crippen molar-refractivity contribution in [1.82, 2.24) is 14.3 Å². The van der Waals surface area contributed by atoms with Gasteiger partial charge in [-0.3, -0.25) is 4.79 Å². The lowest BCUT2D eigenvalue weighted by molar-refractivity contribution is 0.0741. The Morgan fingerprint density at radius 3 is 2.44 bits per heavy atom. The molecule has 1 amide bonds. The Kier molecular flexibility index (Phi) is 6.08. The van der Waals surface area contributed by atoms with E-state index in [1.165, 1.54) is 0 Å². The summed E-state index contributed by atoms with van der Waals surface area (Å²) in [5.41, 5.74) is 4.48. The predicted molar refractivity (Wildman–Crippen MR) is 132 cm³/mol. The summed E-state index contributed by atoms with van der Waals surface area (Å²) in [7, 11) is 1.68. The largest absolute Gasteiger partial charge is 0.495 e. The van der Waals surface area contributed by atoms with Crippen molar-refractivity contribution < 1.29 is 14.3 Å². The van der Waals surface area contributed by atoms with Gasteiger partial charge in [-0.2, -0.15) is 0 Å². The first-order valence-corrected chi connectivity index (χ1v) is 11.5. The van der Waals surface area contributed by atoms with E-state index in [0.717, 1.165) is 41.4 Å². The fraction of sp³-hybridized carbons (Fsp3) is 0.259. The highest BCUT2D eigenvalue weighted by Gasteiger charge is 2.25. The van der Waals surface area contributed by atoms with Gasteiger partial charge in [0, 0.05) is 38.6 Å². The predicted octanol–water partition coefficient (Wildman–Crippen LogP) is 4.19. The van der Waals surface area contributed by atoms with Crippen molar-refractivity contribution in [3.8, 4) is 11.5 Å². The SMILES string of the molecule is COc1ccccc1N1CCN(C(=O)c2ccccc2OCc2cn3cccc(C)c3n2)CC1. The quantitative estimate of drug-likeness (QED) is 0.435. The van der Waals surface area contributed by atoms with Gasteiger partial charge in [-0.1, -0.05) is 30.3 Å². The molecule has 0 saturated carbocycles. The monoisotopic (exact) mass is 456 g/mol. The second-order valence-electron chi connectivity index (χ2n) is 8.39. The summed E-state index contributed by atoms with van der Waals surface area (Å²) in [4.78, 5) is 22.2. The van der Waals surface area contributed by atoms with Crippen molar-refractivity contribution in [2.45, 2.75) is 13.5 Å². The average molecular weight is 457 g/mol. The third kappa shape index (κ3) is 4.29. The van der Waals surface area contributed by atoms with Gasteiger partial charge in [-0.15, -0.1) is 0 Å². The van der Waals surface area contributed by atoms with Crippen LogP contribution in [0.3, 0.4) is 0 Å². The third-order valence-electron chi connectivity index (χ3n) is 6.21. The Labute approximate surface area is 199 Å². The summed E-state index contributed by atoms with van der Waals surface area (Å²) in [6.45, 7) is 5.10. The Bertz CT molecular complexity index is 1310. The molecule has 5 rings (SSSR count). The van der Waals surface area contributed by atoms with Gasteiger partial charge in [0.15, 0.2) is 0 Å². The van der Waals surface area contributed by atoms with Crippen LogP contribution >= 0.6 is 0 Å². The van der Waals surface area contributed by atoms with Gasteiger partial charge >= 0.3 is 0 Å². The number of anilines is 1. The molecule has 1 aliphatic heterocycles. The van der Waals surface area contributed by atoms with E-state index in [-0.39, 0.29) is 5.91 Å². The normalized spacial score (nSPS) is 13.8. The van der Waals surface area contributed by atoms with E-state index in [2.05, 4.69) is 16.0 Å². The molecule has 0 N–H and O–H groups in total. The summed E-state index contributed by atoms with van der Waals surface area (Å²) < 4.78 is 13.6. The molecule has 1 aliphatic rings. The molecule has 0 aliphatic carbocycles. The van der Waals surface area contributed by atoms with Crippen LogP contribution in [-0.4, -0.2) is 53.5 Å². The van der Waals surface area contributed by atoms with Crippen LogP contribution in [0.4, 0.5) is 5.69 Å². The van der Waals surface area contributed by atoms with E-state index in [9.17, 15) is 4.79 Å². The van der Waals surface area contributed by atoms with E-state index in [1.807, 2.05) is 83.2 Å². The minimum absolute atomic E-state index is 0.0128. The molecule has 2 aromatic carbocycles.